The summed E-state index contributed by atoms with van der Waals surface area (Å²) in [5, 5.41) is 23.5. The number of fused-ring (bicyclic) bond motifs is 2. The van der Waals surface area contributed by atoms with Gasteiger partial charge in [0.1, 0.15) is 6.04 Å². The molecular weight excluding hydrogens is 336 g/mol. The largest absolute Gasteiger partial charge is 0.392 e. The van der Waals surface area contributed by atoms with Gasteiger partial charge in [0.05, 0.1) is 30.1 Å². The maximum absolute atomic E-state index is 11.9. The first-order valence-electron chi connectivity index (χ1n) is 10.7. The number of hydrogen-bond acceptors (Lipinski definition) is 3. The van der Waals surface area contributed by atoms with Gasteiger partial charge in [0.2, 0.25) is 0 Å². The summed E-state index contributed by atoms with van der Waals surface area (Å²) in [5.41, 5.74) is 2.47. The van der Waals surface area contributed by atoms with E-state index < -0.39 is 0 Å². The molecule has 5 bridgehead atoms. The molecule has 4 nitrogen and oxygen atoms in total. The van der Waals surface area contributed by atoms with Crippen molar-refractivity contribution in [2.45, 2.75) is 62.1 Å². The zero-order valence-corrected chi connectivity index (χ0v) is 16.3. The molecule has 1 aliphatic carbocycles. The molecule has 4 saturated heterocycles. The predicted octanol–water partition coefficient (Wildman–Crippen LogP) is 2.26. The van der Waals surface area contributed by atoms with Crippen molar-refractivity contribution in [2.24, 2.45) is 17.8 Å². The SMILES string of the molecule is C=CC[N@+]12[C@H](O)[C@@H](CC)[C@@H]3C[C@H]1[C@@H]1N(C)c4ccccc4[C@]14C[C@H]2[C@H]3[C@@H]4O. The van der Waals surface area contributed by atoms with Gasteiger partial charge >= 0.3 is 0 Å². The summed E-state index contributed by atoms with van der Waals surface area (Å²) < 4.78 is 0.755. The lowest BCUT2D eigenvalue weighted by Crippen LogP contribution is -2.82. The van der Waals surface area contributed by atoms with Crippen molar-refractivity contribution in [1.29, 1.82) is 0 Å². The van der Waals surface area contributed by atoms with Crippen molar-refractivity contribution in [2.75, 3.05) is 18.5 Å². The lowest BCUT2D eigenvalue weighted by molar-refractivity contribution is -1.03. The summed E-state index contributed by atoms with van der Waals surface area (Å²) in [6.07, 6.45) is 4.52. The van der Waals surface area contributed by atoms with Crippen LogP contribution in [0.25, 0.3) is 0 Å². The van der Waals surface area contributed by atoms with Crippen LogP contribution in [0.2, 0.25) is 0 Å². The standard InChI is InChI=1S/C23H31N2O2/c1-4-10-25-17-11-14(13(5-2)22(25)27)19-18(25)12-23(21(19)26)15-8-6-7-9-16(15)24(3)20(17)23/h4,6-9,13-14,17-22,26-27H,1,5,10-12H2,2-3H3/q+1/t13-,14-,17-,18-,19-,20-,21-,22+,23+,25-/m0/s1. The minimum atomic E-state index is -0.321. The van der Waals surface area contributed by atoms with Crippen molar-refractivity contribution < 1.29 is 14.7 Å². The first kappa shape index (κ1) is 16.6. The smallest absolute Gasteiger partial charge is 0.194 e. The zero-order chi connectivity index (χ0) is 18.7. The number of aliphatic hydroxyl groups excluding tert-OH is 2. The molecule has 2 N–H and O–H groups in total. The Bertz CT molecular complexity index is 826. The third-order valence-electron chi connectivity index (χ3n) is 9.56. The van der Waals surface area contributed by atoms with Crippen LogP contribution >= 0.6 is 0 Å². The molecule has 0 amide bonds. The zero-order valence-electron chi connectivity index (χ0n) is 16.3. The summed E-state index contributed by atoms with van der Waals surface area (Å²) in [5.74, 6) is 1.05. The Morgan fingerprint density at radius 2 is 2.07 bits per heavy atom. The third-order valence-corrected chi connectivity index (χ3v) is 9.56. The molecule has 0 unspecified atom stereocenters. The van der Waals surface area contributed by atoms with Crippen molar-refractivity contribution >= 4 is 5.69 Å². The Balaban J connectivity index is 1.63. The van der Waals surface area contributed by atoms with Crippen LogP contribution in [0, 0.1) is 17.8 Å². The van der Waals surface area contributed by atoms with Crippen LogP contribution in [-0.2, 0) is 5.41 Å². The second-order valence-corrected chi connectivity index (χ2v) is 9.83. The fourth-order valence-electron chi connectivity index (χ4n) is 8.98. The minimum absolute atomic E-state index is 0.161. The minimum Gasteiger partial charge on any atom is -0.392 e. The van der Waals surface area contributed by atoms with Gasteiger partial charge in [-0.15, -0.1) is 0 Å². The monoisotopic (exact) mass is 367 g/mol. The van der Waals surface area contributed by atoms with Gasteiger partial charge < -0.3 is 15.1 Å². The summed E-state index contributed by atoms with van der Waals surface area (Å²) in [6.45, 7) is 7.10. The van der Waals surface area contributed by atoms with Gasteiger partial charge in [-0.25, -0.2) is 0 Å². The molecule has 4 heteroatoms. The van der Waals surface area contributed by atoms with Crippen LogP contribution < -0.4 is 4.90 Å². The van der Waals surface area contributed by atoms with Crippen LogP contribution in [-0.4, -0.2) is 58.7 Å². The Morgan fingerprint density at radius 3 is 2.81 bits per heavy atom. The fraction of sp³-hybridized carbons (Fsp3) is 0.652. The van der Waals surface area contributed by atoms with Crippen LogP contribution in [0.5, 0.6) is 0 Å². The molecule has 5 aliphatic heterocycles. The van der Waals surface area contributed by atoms with Gasteiger partial charge in [-0.2, -0.15) is 0 Å². The van der Waals surface area contributed by atoms with Crippen LogP contribution in [0.3, 0.4) is 0 Å². The first-order chi connectivity index (χ1) is 13.0. The molecule has 1 spiro atoms. The van der Waals surface area contributed by atoms with Crippen LogP contribution in [0.4, 0.5) is 5.69 Å². The highest BCUT2D eigenvalue weighted by molar-refractivity contribution is 5.66. The Morgan fingerprint density at radius 1 is 1.30 bits per heavy atom. The average Bonchev–Trinajstić information content (AvgIpc) is 3.06. The number of benzene rings is 1. The molecule has 1 aromatic rings. The maximum atomic E-state index is 11.9. The van der Waals surface area contributed by atoms with E-state index in [-0.39, 0.29) is 23.8 Å². The second-order valence-electron chi connectivity index (χ2n) is 9.83. The van der Waals surface area contributed by atoms with Gasteiger partial charge in [0.15, 0.2) is 6.23 Å². The number of rotatable bonds is 3. The van der Waals surface area contributed by atoms with Gasteiger partial charge in [0, 0.05) is 37.4 Å². The molecule has 0 aromatic heterocycles. The summed E-state index contributed by atoms with van der Waals surface area (Å²) >= 11 is 0. The fourth-order valence-corrected chi connectivity index (χ4v) is 8.98. The van der Waals surface area contributed by atoms with E-state index in [1.165, 1.54) is 11.3 Å². The predicted molar refractivity (Wildman–Crippen MR) is 105 cm³/mol. The normalized spacial score (nSPS) is 53.6. The molecule has 10 atom stereocenters. The molecule has 144 valence electrons. The van der Waals surface area contributed by atoms with E-state index >= 15 is 0 Å². The van der Waals surface area contributed by atoms with Gasteiger partial charge in [0.25, 0.3) is 0 Å². The average molecular weight is 368 g/mol. The van der Waals surface area contributed by atoms with E-state index in [0.717, 1.165) is 30.3 Å². The van der Waals surface area contributed by atoms with E-state index in [0.29, 0.717) is 29.8 Å². The quantitative estimate of drug-likeness (QED) is 0.636. The Labute approximate surface area is 161 Å². The van der Waals surface area contributed by atoms with E-state index in [1.54, 1.807) is 0 Å². The molecule has 1 aromatic carbocycles. The molecule has 7 rings (SSSR count). The molecule has 5 heterocycles. The number of quaternary nitrogens is 1. The summed E-state index contributed by atoms with van der Waals surface area (Å²) in [4.78, 5) is 2.44. The van der Waals surface area contributed by atoms with E-state index in [1.807, 2.05) is 6.08 Å². The van der Waals surface area contributed by atoms with Crippen molar-refractivity contribution in [3.05, 3.63) is 42.5 Å². The molecule has 6 aliphatic rings. The van der Waals surface area contributed by atoms with E-state index in [2.05, 4.69) is 49.7 Å². The van der Waals surface area contributed by atoms with Gasteiger partial charge in [-0.1, -0.05) is 31.7 Å². The molecule has 1 saturated carbocycles. The molecule has 0 radical (unpaired) electrons. The number of anilines is 1. The number of aliphatic hydroxyl groups is 2. The summed E-state index contributed by atoms with van der Waals surface area (Å²) in [7, 11) is 2.21. The lowest BCUT2D eigenvalue weighted by Gasteiger charge is -2.67. The first-order valence-corrected chi connectivity index (χ1v) is 10.7. The molecular formula is C23H31N2O2+. The topological polar surface area (TPSA) is 43.7 Å². The molecule has 27 heavy (non-hydrogen) atoms. The highest BCUT2D eigenvalue weighted by Crippen LogP contribution is 2.71. The second kappa shape index (κ2) is 4.97. The maximum Gasteiger partial charge on any atom is 0.194 e. The Hall–Kier alpha value is -1.36. The Kier molecular flexibility index (Phi) is 3.05. The summed E-state index contributed by atoms with van der Waals surface area (Å²) in [6, 6.07) is 9.71. The van der Waals surface area contributed by atoms with Crippen molar-refractivity contribution in [1.82, 2.24) is 0 Å². The van der Waals surface area contributed by atoms with Gasteiger partial charge in [-0.05, 0) is 30.0 Å². The van der Waals surface area contributed by atoms with Crippen molar-refractivity contribution in [3.8, 4) is 0 Å². The highest BCUT2D eigenvalue weighted by Gasteiger charge is 2.82. The van der Waals surface area contributed by atoms with E-state index in [4.69, 9.17) is 0 Å². The van der Waals surface area contributed by atoms with Crippen LogP contribution in [0.1, 0.15) is 31.7 Å². The van der Waals surface area contributed by atoms with Crippen LogP contribution in [0.15, 0.2) is 36.9 Å². The number of piperidine rings is 4. The number of para-hydroxylation sites is 1. The number of hydrogen-bond donors (Lipinski definition) is 2. The lowest BCUT2D eigenvalue weighted by atomic mass is 9.60. The van der Waals surface area contributed by atoms with Gasteiger partial charge in [-0.3, -0.25) is 4.48 Å². The van der Waals surface area contributed by atoms with E-state index in [9.17, 15) is 10.2 Å². The number of nitrogens with zero attached hydrogens (tertiary/aromatic N) is 2. The molecule has 5 fully saturated rings. The number of likely N-dealkylation sites (N-methyl/N-ethyl adjacent to an activating group) is 1. The van der Waals surface area contributed by atoms with Crippen molar-refractivity contribution in [3.63, 3.8) is 0 Å². The third kappa shape index (κ3) is 1.47. The highest BCUT2D eigenvalue weighted by atomic mass is 16.3.